The number of aliphatic carboxylic acids is 1. The molecular formula is C11H17N3O3. The Bertz CT molecular complexity index is 333. The summed E-state index contributed by atoms with van der Waals surface area (Å²) in [7, 11) is 0. The van der Waals surface area contributed by atoms with Gasteiger partial charge in [0.05, 0.1) is 12.5 Å². The van der Waals surface area contributed by atoms with Gasteiger partial charge in [0, 0.05) is 12.6 Å². The number of carbonyl (C=O) groups excluding carboxylic acids is 1. The highest BCUT2D eigenvalue weighted by Gasteiger charge is 2.33. The lowest BCUT2D eigenvalue weighted by molar-refractivity contribution is -0.139. The molecule has 0 aromatic heterocycles. The molecule has 0 unspecified atom stereocenters. The summed E-state index contributed by atoms with van der Waals surface area (Å²) in [6, 6.07) is 0.930. The van der Waals surface area contributed by atoms with Gasteiger partial charge in [0.1, 0.15) is 6.04 Å². The first kappa shape index (κ1) is 13.3. The van der Waals surface area contributed by atoms with Crippen LogP contribution in [0.25, 0.3) is 0 Å². The van der Waals surface area contributed by atoms with Crippen LogP contribution in [0.2, 0.25) is 0 Å². The second-order valence-corrected chi connectivity index (χ2v) is 4.08. The van der Waals surface area contributed by atoms with E-state index >= 15 is 0 Å². The molecule has 94 valence electrons. The highest BCUT2D eigenvalue weighted by atomic mass is 16.4. The normalized spacial score (nSPS) is 15.8. The standard InChI is InChI=1S/C11H17N3O3/c1-2-9(10(15)16)13-11(17)14(7-3-6-12)8-4-5-8/h8-9H,2-5,7H2,1H3,(H,13,17)(H,15,16)/t9-/m1/s1. The molecule has 0 saturated heterocycles. The fourth-order valence-corrected chi connectivity index (χ4v) is 1.58. The fourth-order valence-electron chi connectivity index (χ4n) is 1.58. The molecule has 0 bridgehead atoms. The van der Waals surface area contributed by atoms with E-state index in [0.29, 0.717) is 13.0 Å². The third-order valence-corrected chi connectivity index (χ3v) is 2.72. The summed E-state index contributed by atoms with van der Waals surface area (Å²) in [5.74, 6) is -1.03. The predicted molar refractivity (Wildman–Crippen MR) is 60.2 cm³/mol. The van der Waals surface area contributed by atoms with Crippen molar-refractivity contribution in [3.05, 3.63) is 0 Å². The van der Waals surface area contributed by atoms with Crippen LogP contribution >= 0.6 is 0 Å². The minimum atomic E-state index is -1.03. The van der Waals surface area contributed by atoms with Crippen molar-refractivity contribution in [2.75, 3.05) is 6.54 Å². The molecular weight excluding hydrogens is 222 g/mol. The lowest BCUT2D eigenvalue weighted by Crippen LogP contribution is -2.48. The molecule has 0 spiro atoms. The number of amides is 2. The van der Waals surface area contributed by atoms with Crippen molar-refractivity contribution in [3.8, 4) is 6.07 Å². The Balaban J connectivity index is 2.52. The first-order chi connectivity index (χ1) is 8.10. The van der Waals surface area contributed by atoms with E-state index in [1.165, 1.54) is 0 Å². The van der Waals surface area contributed by atoms with Crippen LogP contribution in [0.15, 0.2) is 0 Å². The van der Waals surface area contributed by atoms with Crippen LogP contribution in [0.4, 0.5) is 4.79 Å². The lowest BCUT2D eigenvalue weighted by Gasteiger charge is -2.23. The Hall–Kier alpha value is -1.77. The molecule has 1 aliphatic carbocycles. The molecule has 0 aromatic rings. The van der Waals surface area contributed by atoms with Gasteiger partial charge >= 0.3 is 12.0 Å². The molecule has 0 aliphatic heterocycles. The summed E-state index contributed by atoms with van der Waals surface area (Å²) < 4.78 is 0. The monoisotopic (exact) mass is 239 g/mol. The topological polar surface area (TPSA) is 93.4 Å². The number of urea groups is 1. The maximum Gasteiger partial charge on any atom is 0.326 e. The largest absolute Gasteiger partial charge is 0.480 e. The number of carboxylic acid groups (broad SMARTS) is 1. The Morgan fingerprint density at radius 1 is 1.59 bits per heavy atom. The highest BCUT2D eigenvalue weighted by molar-refractivity contribution is 5.82. The second-order valence-electron chi connectivity index (χ2n) is 4.08. The molecule has 1 atom stereocenters. The van der Waals surface area contributed by atoms with Crippen molar-refractivity contribution >= 4 is 12.0 Å². The summed E-state index contributed by atoms with van der Waals surface area (Å²) in [5, 5.41) is 19.8. The quantitative estimate of drug-likeness (QED) is 0.721. The van der Waals surface area contributed by atoms with E-state index in [4.69, 9.17) is 10.4 Å². The predicted octanol–water partition coefficient (Wildman–Crippen LogP) is 0.937. The Morgan fingerprint density at radius 2 is 2.24 bits per heavy atom. The van der Waals surface area contributed by atoms with Crippen LogP contribution in [0.5, 0.6) is 0 Å². The molecule has 17 heavy (non-hydrogen) atoms. The molecule has 6 heteroatoms. The third kappa shape index (κ3) is 3.94. The maximum absolute atomic E-state index is 11.8. The Morgan fingerprint density at radius 3 is 2.65 bits per heavy atom. The van der Waals surface area contributed by atoms with Crippen molar-refractivity contribution in [1.29, 1.82) is 5.26 Å². The first-order valence-corrected chi connectivity index (χ1v) is 5.77. The zero-order valence-electron chi connectivity index (χ0n) is 9.85. The lowest BCUT2D eigenvalue weighted by atomic mass is 10.2. The Labute approximate surface area is 100 Å². The zero-order chi connectivity index (χ0) is 12.8. The summed E-state index contributed by atoms with van der Waals surface area (Å²) in [5.41, 5.74) is 0. The van der Waals surface area contributed by atoms with Crippen LogP contribution in [0.1, 0.15) is 32.6 Å². The van der Waals surface area contributed by atoms with Gasteiger partial charge in [0.25, 0.3) is 0 Å². The van der Waals surface area contributed by atoms with Gasteiger partial charge in [0.15, 0.2) is 0 Å². The third-order valence-electron chi connectivity index (χ3n) is 2.72. The minimum absolute atomic E-state index is 0.176. The molecule has 1 aliphatic rings. The van der Waals surface area contributed by atoms with Gasteiger partial charge < -0.3 is 15.3 Å². The van der Waals surface area contributed by atoms with E-state index in [2.05, 4.69) is 5.32 Å². The molecule has 1 fully saturated rings. The molecule has 1 saturated carbocycles. The number of hydrogen-bond acceptors (Lipinski definition) is 3. The van der Waals surface area contributed by atoms with Crippen LogP contribution in [0, 0.1) is 11.3 Å². The molecule has 0 aromatic carbocycles. The van der Waals surface area contributed by atoms with Gasteiger partial charge in [-0.2, -0.15) is 5.26 Å². The van der Waals surface area contributed by atoms with E-state index in [1.807, 2.05) is 6.07 Å². The van der Waals surface area contributed by atoms with Crippen molar-refractivity contribution in [2.45, 2.75) is 44.7 Å². The number of carboxylic acids is 1. The number of nitrogens with zero attached hydrogens (tertiary/aromatic N) is 2. The number of rotatable bonds is 6. The smallest absolute Gasteiger partial charge is 0.326 e. The van der Waals surface area contributed by atoms with Crippen LogP contribution < -0.4 is 5.32 Å². The van der Waals surface area contributed by atoms with E-state index < -0.39 is 12.0 Å². The zero-order valence-corrected chi connectivity index (χ0v) is 9.85. The highest BCUT2D eigenvalue weighted by Crippen LogP contribution is 2.26. The van der Waals surface area contributed by atoms with Gasteiger partial charge in [-0.05, 0) is 19.3 Å². The minimum Gasteiger partial charge on any atom is -0.480 e. The molecule has 6 nitrogen and oxygen atoms in total. The number of carbonyl (C=O) groups is 2. The number of nitriles is 1. The first-order valence-electron chi connectivity index (χ1n) is 5.77. The summed E-state index contributed by atoms with van der Waals surface area (Å²) in [6.45, 7) is 2.07. The van der Waals surface area contributed by atoms with Gasteiger partial charge in [-0.3, -0.25) is 0 Å². The van der Waals surface area contributed by atoms with E-state index in [9.17, 15) is 9.59 Å². The molecule has 2 N–H and O–H groups in total. The SMILES string of the molecule is CC[C@@H](NC(=O)N(CCC#N)C1CC1)C(=O)O. The Kier molecular flexibility index (Phi) is 4.76. The van der Waals surface area contributed by atoms with Crippen molar-refractivity contribution in [3.63, 3.8) is 0 Å². The fraction of sp³-hybridized carbons (Fsp3) is 0.727. The van der Waals surface area contributed by atoms with Crippen LogP contribution in [-0.2, 0) is 4.79 Å². The average molecular weight is 239 g/mol. The average Bonchev–Trinajstić information content (AvgIpc) is 3.10. The van der Waals surface area contributed by atoms with Gasteiger partial charge in [0.2, 0.25) is 0 Å². The molecule has 0 heterocycles. The molecule has 2 amide bonds. The second kappa shape index (κ2) is 6.09. The van der Waals surface area contributed by atoms with Crippen molar-refractivity contribution < 1.29 is 14.7 Å². The molecule has 1 rings (SSSR count). The van der Waals surface area contributed by atoms with Crippen LogP contribution in [-0.4, -0.2) is 40.6 Å². The summed E-state index contributed by atoms with van der Waals surface area (Å²) >= 11 is 0. The van der Waals surface area contributed by atoms with Crippen molar-refractivity contribution in [1.82, 2.24) is 10.2 Å². The van der Waals surface area contributed by atoms with Gasteiger partial charge in [-0.15, -0.1) is 0 Å². The number of nitrogens with one attached hydrogen (secondary N) is 1. The summed E-state index contributed by atoms with van der Waals surface area (Å²) in [6.07, 6.45) is 2.48. The maximum atomic E-state index is 11.8. The van der Waals surface area contributed by atoms with E-state index in [0.717, 1.165) is 12.8 Å². The molecule has 0 radical (unpaired) electrons. The van der Waals surface area contributed by atoms with Gasteiger partial charge in [-0.1, -0.05) is 6.92 Å². The van der Waals surface area contributed by atoms with Crippen LogP contribution in [0.3, 0.4) is 0 Å². The summed E-state index contributed by atoms with van der Waals surface area (Å²) in [4.78, 5) is 24.2. The van der Waals surface area contributed by atoms with Gasteiger partial charge in [-0.25, -0.2) is 9.59 Å². The van der Waals surface area contributed by atoms with Crippen molar-refractivity contribution in [2.24, 2.45) is 0 Å². The number of hydrogen-bond donors (Lipinski definition) is 2. The van der Waals surface area contributed by atoms with E-state index in [-0.39, 0.29) is 18.5 Å². The van der Waals surface area contributed by atoms with E-state index in [1.54, 1.807) is 11.8 Å².